The van der Waals surface area contributed by atoms with Crippen LogP contribution < -0.4 is 5.32 Å². The molecule has 20 heavy (non-hydrogen) atoms. The van der Waals surface area contributed by atoms with Crippen molar-refractivity contribution in [3.05, 3.63) is 21.9 Å². The average molecular weight is 296 g/mol. The highest BCUT2D eigenvalue weighted by Gasteiger charge is 2.14. The van der Waals surface area contributed by atoms with E-state index in [2.05, 4.69) is 37.5 Å². The Labute approximate surface area is 130 Å². The molecule has 0 aliphatic carbocycles. The maximum absolute atomic E-state index is 3.76. The second-order valence-electron chi connectivity index (χ2n) is 5.73. The maximum atomic E-state index is 3.76. The van der Waals surface area contributed by atoms with E-state index in [1.165, 1.54) is 57.8 Å². The molecule has 1 nitrogen and oxygen atoms in total. The number of hydrogen-bond acceptors (Lipinski definition) is 2. The molecule has 1 aromatic heterocycles. The van der Waals surface area contributed by atoms with Gasteiger partial charge in [0.25, 0.3) is 0 Å². The Kier molecular flexibility index (Phi) is 10.0. The standard InChI is InChI=1S/C18H33NS/c1-4-7-8-9-10-11-12-17(19-14-5-2)18-16(6-3)13-15-20-18/h13,15,17,19H,4-12,14H2,1-3H3. The van der Waals surface area contributed by atoms with Crippen molar-refractivity contribution < 1.29 is 0 Å². The van der Waals surface area contributed by atoms with Gasteiger partial charge in [0.1, 0.15) is 0 Å². The number of thiophene rings is 1. The molecule has 0 fully saturated rings. The molecule has 0 aliphatic heterocycles. The minimum absolute atomic E-state index is 0.594. The molecule has 0 saturated carbocycles. The summed E-state index contributed by atoms with van der Waals surface area (Å²) in [7, 11) is 0. The van der Waals surface area contributed by atoms with Crippen LogP contribution in [0.3, 0.4) is 0 Å². The second-order valence-corrected chi connectivity index (χ2v) is 6.67. The zero-order valence-corrected chi connectivity index (χ0v) is 14.5. The number of nitrogens with one attached hydrogen (secondary N) is 1. The molecule has 1 heterocycles. The molecular formula is C18H33NS. The molecule has 0 aromatic carbocycles. The zero-order valence-electron chi connectivity index (χ0n) is 13.7. The van der Waals surface area contributed by atoms with Crippen LogP contribution in [0.4, 0.5) is 0 Å². The molecule has 1 rings (SSSR count). The fourth-order valence-electron chi connectivity index (χ4n) is 2.72. The molecule has 116 valence electrons. The van der Waals surface area contributed by atoms with Crippen LogP contribution in [0, 0.1) is 0 Å². The first-order valence-corrected chi connectivity index (χ1v) is 9.51. The minimum Gasteiger partial charge on any atom is -0.309 e. The number of unbranched alkanes of at least 4 members (excludes halogenated alkanes) is 5. The Morgan fingerprint density at radius 2 is 1.75 bits per heavy atom. The third-order valence-electron chi connectivity index (χ3n) is 3.97. The van der Waals surface area contributed by atoms with Gasteiger partial charge in [-0.1, -0.05) is 59.3 Å². The highest BCUT2D eigenvalue weighted by molar-refractivity contribution is 7.10. The SMILES string of the molecule is CCCCCCCCC(NCCC)c1sccc1CC. The lowest BCUT2D eigenvalue weighted by Gasteiger charge is -2.19. The van der Waals surface area contributed by atoms with E-state index in [9.17, 15) is 0 Å². The van der Waals surface area contributed by atoms with Crippen LogP contribution in [0.1, 0.15) is 88.6 Å². The summed E-state index contributed by atoms with van der Waals surface area (Å²) in [6.45, 7) is 7.95. The fourth-order valence-corrected chi connectivity index (χ4v) is 3.83. The van der Waals surface area contributed by atoms with Gasteiger partial charge in [0, 0.05) is 10.9 Å². The van der Waals surface area contributed by atoms with Crippen molar-refractivity contribution in [2.24, 2.45) is 0 Å². The lowest BCUT2D eigenvalue weighted by molar-refractivity contribution is 0.470. The Hall–Kier alpha value is -0.340. The van der Waals surface area contributed by atoms with E-state index >= 15 is 0 Å². The smallest absolute Gasteiger partial charge is 0.0417 e. The monoisotopic (exact) mass is 295 g/mol. The van der Waals surface area contributed by atoms with Crippen LogP contribution in [0.15, 0.2) is 11.4 Å². The van der Waals surface area contributed by atoms with Crippen molar-refractivity contribution in [1.82, 2.24) is 5.32 Å². The van der Waals surface area contributed by atoms with E-state index in [1.807, 2.05) is 11.3 Å². The van der Waals surface area contributed by atoms with E-state index in [4.69, 9.17) is 0 Å². The molecule has 0 spiro atoms. The lowest BCUT2D eigenvalue weighted by Crippen LogP contribution is -2.22. The minimum atomic E-state index is 0.594. The zero-order chi connectivity index (χ0) is 14.6. The molecule has 0 amide bonds. The molecule has 1 aromatic rings. The predicted molar refractivity (Wildman–Crippen MR) is 92.7 cm³/mol. The van der Waals surface area contributed by atoms with E-state index in [1.54, 1.807) is 10.4 Å². The lowest BCUT2D eigenvalue weighted by atomic mass is 10.0. The Morgan fingerprint density at radius 1 is 1.00 bits per heavy atom. The summed E-state index contributed by atoms with van der Waals surface area (Å²) >= 11 is 1.94. The molecule has 2 heteroatoms. The van der Waals surface area contributed by atoms with Gasteiger partial charge in [-0.05, 0) is 42.8 Å². The third-order valence-corrected chi connectivity index (χ3v) is 5.04. The number of rotatable bonds is 12. The van der Waals surface area contributed by atoms with E-state index < -0.39 is 0 Å². The van der Waals surface area contributed by atoms with Gasteiger partial charge >= 0.3 is 0 Å². The van der Waals surface area contributed by atoms with Crippen LogP contribution in [0.25, 0.3) is 0 Å². The Morgan fingerprint density at radius 3 is 2.45 bits per heavy atom. The van der Waals surface area contributed by atoms with Crippen molar-refractivity contribution in [3.63, 3.8) is 0 Å². The summed E-state index contributed by atoms with van der Waals surface area (Å²) < 4.78 is 0. The molecule has 1 atom stereocenters. The molecule has 0 radical (unpaired) electrons. The summed E-state index contributed by atoms with van der Waals surface area (Å²) in [5.74, 6) is 0. The van der Waals surface area contributed by atoms with Crippen molar-refractivity contribution in [2.45, 2.75) is 84.6 Å². The second kappa shape index (κ2) is 11.3. The van der Waals surface area contributed by atoms with Gasteiger partial charge in [0.15, 0.2) is 0 Å². The van der Waals surface area contributed by atoms with E-state index in [-0.39, 0.29) is 0 Å². The topological polar surface area (TPSA) is 12.0 Å². The molecule has 1 unspecified atom stereocenters. The summed E-state index contributed by atoms with van der Waals surface area (Å²) in [5, 5.41) is 6.02. The number of hydrogen-bond donors (Lipinski definition) is 1. The van der Waals surface area contributed by atoms with Crippen LogP contribution in [-0.2, 0) is 6.42 Å². The average Bonchev–Trinajstić information content (AvgIpc) is 2.94. The Bertz CT molecular complexity index is 332. The van der Waals surface area contributed by atoms with Crippen LogP contribution in [0.5, 0.6) is 0 Å². The van der Waals surface area contributed by atoms with Gasteiger partial charge in [-0.2, -0.15) is 0 Å². The highest BCUT2D eigenvalue weighted by atomic mass is 32.1. The van der Waals surface area contributed by atoms with Crippen molar-refractivity contribution in [1.29, 1.82) is 0 Å². The first kappa shape index (κ1) is 17.7. The summed E-state index contributed by atoms with van der Waals surface area (Å²) in [6.07, 6.45) is 12.0. The molecule has 0 bridgehead atoms. The Balaban J connectivity index is 2.40. The van der Waals surface area contributed by atoms with Crippen LogP contribution in [0.2, 0.25) is 0 Å². The van der Waals surface area contributed by atoms with Crippen molar-refractivity contribution in [2.75, 3.05) is 6.54 Å². The summed E-state index contributed by atoms with van der Waals surface area (Å²) in [4.78, 5) is 1.59. The molecule has 0 aliphatic rings. The highest BCUT2D eigenvalue weighted by Crippen LogP contribution is 2.29. The first-order chi connectivity index (χ1) is 9.83. The van der Waals surface area contributed by atoms with Crippen molar-refractivity contribution >= 4 is 11.3 Å². The normalized spacial score (nSPS) is 12.8. The third kappa shape index (κ3) is 6.41. The van der Waals surface area contributed by atoms with E-state index in [0.717, 1.165) is 6.54 Å². The van der Waals surface area contributed by atoms with Crippen LogP contribution in [-0.4, -0.2) is 6.54 Å². The van der Waals surface area contributed by atoms with Gasteiger partial charge in [-0.15, -0.1) is 11.3 Å². The maximum Gasteiger partial charge on any atom is 0.0417 e. The molecular weight excluding hydrogens is 262 g/mol. The molecule has 0 saturated heterocycles. The predicted octanol–water partition coefficient (Wildman–Crippen LogP) is 6.10. The van der Waals surface area contributed by atoms with Gasteiger partial charge in [0.05, 0.1) is 0 Å². The first-order valence-electron chi connectivity index (χ1n) is 8.63. The van der Waals surface area contributed by atoms with Gasteiger partial charge in [0.2, 0.25) is 0 Å². The summed E-state index contributed by atoms with van der Waals surface area (Å²) in [6, 6.07) is 2.90. The van der Waals surface area contributed by atoms with Crippen molar-refractivity contribution in [3.8, 4) is 0 Å². The van der Waals surface area contributed by atoms with Crippen LogP contribution >= 0.6 is 11.3 Å². The quantitative estimate of drug-likeness (QED) is 0.459. The van der Waals surface area contributed by atoms with Gasteiger partial charge in [-0.25, -0.2) is 0 Å². The van der Waals surface area contributed by atoms with Gasteiger partial charge in [-0.3, -0.25) is 0 Å². The number of aryl methyl sites for hydroxylation is 1. The largest absolute Gasteiger partial charge is 0.309 e. The fraction of sp³-hybridized carbons (Fsp3) is 0.778. The molecule has 1 N–H and O–H groups in total. The summed E-state index contributed by atoms with van der Waals surface area (Å²) in [5.41, 5.74) is 1.55. The van der Waals surface area contributed by atoms with Gasteiger partial charge < -0.3 is 5.32 Å². The van der Waals surface area contributed by atoms with E-state index in [0.29, 0.717) is 6.04 Å².